The van der Waals surface area contributed by atoms with Crippen LogP contribution in [0.5, 0.6) is 0 Å². The third-order valence-electron chi connectivity index (χ3n) is 7.52. The van der Waals surface area contributed by atoms with Crippen molar-refractivity contribution < 1.29 is 4.79 Å². The zero-order valence-electron chi connectivity index (χ0n) is 15.0. The minimum atomic E-state index is -0.201. The molecule has 5 heteroatoms. The van der Waals surface area contributed by atoms with E-state index in [1.807, 2.05) is 6.33 Å². The number of anilines is 1. The molecule has 2 unspecified atom stereocenters. The summed E-state index contributed by atoms with van der Waals surface area (Å²) in [7, 11) is 0. The van der Waals surface area contributed by atoms with Gasteiger partial charge in [0, 0.05) is 12.2 Å². The molecule has 4 saturated carbocycles. The van der Waals surface area contributed by atoms with Crippen LogP contribution in [0.3, 0.4) is 0 Å². The van der Waals surface area contributed by atoms with Gasteiger partial charge in [0.1, 0.15) is 12.7 Å². The highest BCUT2D eigenvalue weighted by atomic mass is 16.2. The molecular weight excluding hydrogens is 324 g/mol. The first-order chi connectivity index (χ1) is 12.7. The average Bonchev–Trinajstić information content (AvgIpc) is 3.30. The average molecular weight is 348 g/mol. The molecule has 0 spiro atoms. The summed E-state index contributed by atoms with van der Waals surface area (Å²) in [5, 5.41) is 4.51. The second kappa shape index (κ2) is 4.96. The summed E-state index contributed by atoms with van der Waals surface area (Å²) in [6.45, 7) is 0.839. The first-order valence-electron chi connectivity index (χ1n) is 9.93. The molecule has 5 aliphatic rings. The lowest BCUT2D eigenvalue weighted by Crippen LogP contribution is -2.61. The lowest BCUT2D eigenvalue weighted by Gasteiger charge is -2.61. The smallest absolute Gasteiger partial charge is 0.233 e. The van der Waals surface area contributed by atoms with Crippen molar-refractivity contribution in [2.24, 2.45) is 17.3 Å². The van der Waals surface area contributed by atoms with Gasteiger partial charge in [-0.3, -0.25) is 4.79 Å². The van der Waals surface area contributed by atoms with Crippen LogP contribution in [0.15, 0.2) is 36.9 Å². The van der Waals surface area contributed by atoms with Crippen LogP contribution >= 0.6 is 0 Å². The fraction of sp³-hybridized carbons (Fsp3) is 0.571. The number of nitrogens with zero attached hydrogens (tertiary/aromatic N) is 4. The molecule has 1 aromatic heterocycles. The number of amides is 1. The monoisotopic (exact) mass is 348 g/mol. The fourth-order valence-corrected chi connectivity index (χ4v) is 7.02. The van der Waals surface area contributed by atoms with E-state index in [0.717, 1.165) is 37.9 Å². The zero-order chi connectivity index (χ0) is 17.4. The van der Waals surface area contributed by atoms with Crippen molar-refractivity contribution in [1.29, 1.82) is 0 Å². The van der Waals surface area contributed by atoms with E-state index in [0.29, 0.717) is 17.7 Å². The van der Waals surface area contributed by atoms with E-state index in [9.17, 15) is 4.79 Å². The fourth-order valence-electron chi connectivity index (χ4n) is 7.02. The minimum absolute atomic E-state index is 0.00941. The Hall–Kier alpha value is -2.17. The van der Waals surface area contributed by atoms with Crippen LogP contribution < -0.4 is 4.90 Å². The van der Waals surface area contributed by atoms with Gasteiger partial charge >= 0.3 is 0 Å². The maximum absolute atomic E-state index is 13.9. The van der Waals surface area contributed by atoms with E-state index < -0.39 is 0 Å². The first-order valence-corrected chi connectivity index (χ1v) is 9.93. The summed E-state index contributed by atoms with van der Waals surface area (Å²) in [6.07, 6.45) is 11.2. The Balaban J connectivity index is 1.40. The van der Waals surface area contributed by atoms with Crippen LogP contribution in [0.4, 0.5) is 5.69 Å². The van der Waals surface area contributed by atoms with Crippen LogP contribution in [-0.4, -0.2) is 27.2 Å². The second-order valence-corrected chi connectivity index (χ2v) is 9.14. The van der Waals surface area contributed by atoms with Crippen molar-refractivity contribution in [2.75, 3.05) is 11.4 Å². The molecule has 0 N–H and O–H groups in total. The molecule has 26 heavy (non-hydrogen) atoms. The standard InChI is InChI=1S/C21H24N4O/c26-19(24-6-5-17-3-1-2-4-18(17)24)20-8-15-7-16(9-20)11-21(10-15,12-20)25-14-22-13-23-25/h1-4,13-16H,5-12H2. The molecule has 4 fully saturated rings. The molecule has 7 rings (SSSR count). The van der Waals surface area contributed by atoms with E-state index in [-0.39, 0.29) is 11.0 Å². The number of para-hydroxylation sites is 1. The summed E-state index contributed by atoms with van der Waals surface area (Å²) in [4.78, 5) is 20.2. The number of aromatic nitrogens is 3. The predicted molar refractivity (Wildman–Crippen MR) is 97.6 cm³/mol. The summed E-state index contributed by atoms with van der Waals surface area (Å²) >= 11 is 0. The van der Waals surface area contributed by atoms with Crippen molar-refractivity contribution in [3.05, 3.63) is 42.5 Å². The van der Waals surface area contributed by atoms with E-state index in [1.165, 1.54) is 24.8 Å². The number of benzene rings is 1. The van der Waals surface area contributed by atoms with Crippen LogP contribution in [-0.2, 0) is 16.8 Å². The molecule has 1 amide bonds. The van der Waals surface area contributed by atoms with Gasteiger partial charge in [-0.25, -0.2) is 9.67 Å². The topological polar surface area (TPSA) is 51.0 Å². The summed E-state index contributed by atoms with van der Waals surface area (Å²) in [6, 6.07) is 8.42. The molecule has 1 aromatic carbocycles. The summed E-state index contributed by atoms with van der Waals surface area (Å²) < 4.78 is 2.09. The van der Waals surface area contributed by atoms with Crippen molar-refractivity contribution in [3.63, 3.8) is 0 Å². The van der Waals surface area contributed by atoms with Crippen LogP contribution in [0.25, 0.3) is 0 Å². The van der Waals surface area contributed by atoms with E-state index >= 15 is 0 Å². The molecular formula is C21H24N4O. The molecule has 4 aliphatic carbocycles. The number of fused-ring (bicyclic) bond motifs is 1. The largest absolute Gasteiger partial charge is 0.311 e. The number of hydrogen-bond donors (Lipinski definition) is 0. The quantitative estimate of drug-likeness (QED) is 0.838. The van der Waals surface area contributed by atoms with Gasteiger partial charge in [-0.1, -0.05) is 18.2 Å². The zero-order valence-corrected chi connectivity index (χ0v) is 15.0. The Bertz CT molecular complexity index is 860. The Morgan fingerprint density at radius 3 is 2.69 bits per heavy atom. The normalized spacial score (nSPS) is 37.2. The third-order valence-corrected chi connectivity index (χ3v) is 7.52. The van der Waals surface area contributed by atoms with Crippen molar-refractivity contribution >= 4 is 11.6 Å². The first kappa shape index (κ1) is 14.9. The summed E-state index contributed by atoms with van der Waals surface area (Å²) in [5.74, 6) is 1.69. The molecule has 1 aliphatic heterocycles. The number of hydrogen-bond acceptors (Lipinski definition) is 3. The van der Waals surface area contributed by atoms with Gasteiger partial charge in [0.05, 0.1) is 11.0 Å². The maximum Gasteiger partial charge on any atom is 0.233 e. The van der Waals surface area contributed by atoms with E-state index in [1.54, 1.807) is 6.33 Å². The lowest BCUT2D eigenvalue weighted by atomic mass is 9.46. The van der Waals surface area contributed by atoms with Gasteiger partial charge in [0.2, 0.25) is 5.91 Å². The maximum atomic E-state index is 13.9. The Labute approximate surface area is 153 Å². The van der Waals surface area contributed by atoms with Crippen molar-refractivity contribution in [1.82, 2.24) is 14.8 Å². The third kappa shape index (κ3) is 1.89. The van der Waals surface area contributed by atoms with Gasteiger partial charge in [-0.15, -0.1) is 0 Å². The molecule has 134 valence electrons. The predicted octanol–water partition coefficient (Wildman–Crippen LogP) is 3.16. The van der Waals surface area contributed by atoms with E-state index in [4.69, 9.17) is 0 Å². The lowest BCUT2D eigenvalue weighted by molar-refractivity contribution is -0.153. The number of carbonyl (C=O) groups excluding carboxylic acids is 1. The van der Waals surface area contributed by atoms with Gasteiger partial charge in [-0.2, -0.15) is 5.10 Å². The molecule has 2 heterocycles. The minimum Gasteiger partial charge on any atom is -0.311 e. The number of rotatable bonds is 2. The van der Waals surface area contributed by atoms with Crippen LogP contribution in [0.2, 0.25) is 0 Å². The van der Waals surface area contributed by atoms with Crippen LogP contribution in [0.1, 0.15) is 44.1 Å². The molecule has 5 nitrogen and oxygen atoms in total. The number of carbonyl (C=O) groups is 1. The van der Waals surface area contributed by atoms with Gasteiger partial charge in [0.25, 0.3) is 0 Å². The van der Waals surface area contributed by atoms with Gasteiger partial charge in [0.15, 0.2) is 0 Å². The highest BCUT2D eigenvalue weighted by Gasteiger charge is 2.62. The highest BCUT2D eigenvalue weighted by Crippen LogP contribution is 2.64. The van der Waals surface area contributed by atoms with Gasteiger partial charge in [-0.05, 0) is 68.4 Å². The van der Waals surface area contributed by atoms with Gasteiger partial charge < -0.3 is 4.90 Å². The van der Waals surface area contributed by atoms with E-state index in [2.05, 4.69) is 43.9 Å². The SMILES string of the molecule is O=C(N1CCc2ccccc21)C12CC3CC(C1)CC(n1cncn1)(C3)C2. The molecule has 4 bridgehead atoms. The second-order valence-electron chi connectivity index (χ2n) is 9.14. The van der Waals surface area contributed by atoms with Crippen molar-refractivity contribution in [2.45, 2.75) is 50.5 Å². The van der Waals surface area contributed by atoms with Crippen molar-refractivity contribution in [3.8, 4) is 0 Å². The molecule has 0 saturated heterocycles. The highest BCUT2D eigenvalue weighted by molar-refractivity contribution is 5.99. The molecule has 2 atom stereocenters. The Kier molecular flexibility index (Phi) is 2.85. The Morgan fingerprint density at radius 1 is 1.12 bits per heavy atom. The summed E-state index contributed by atoms with van der Waals surface area (Å²) in [5.41, 5.74) is 2.27. The molecule has 0 radical (unpaired) electrons. The van der Waals surface area contributed by atoms with Crippen LogP contribution in [0, 0.1) is 17.3 Å². The Morgan fingerprint density at radius 2 is 1.92 bits per heavy atom. The molecule has 2 aromatic rings.